The highest BCUT2D eigenvalue weighted by atomic mass is 16.6. The Kier molecular flexibility index (Phi) is 2.02. The zero-order valence-corrected chi connectivity index (χ0v) is 6.92. The van der Waals surface area contributed by atoms with Crippen LogP contribution in [0.25, 0.3) is 0 Å². The normalized spacial score (nSPS) is 39.6. The molecule has 0 radical (unpaired) electrons. The van der Waals surface area contributed by atoms with E-state index in [1.165, 1.54) is 0 Å². The SMILES string of the molecule is C[C@H]1CC(C)(C)CO[C@H]1O. The third-order valence-electron chi connectivity index (χ3n) is 2.01. The van der Waals surface area contributed by atoms with Crippen molar-refractivity contribution < 1.29 is 9.84 Å². The van der Waals surface area contributed by atoms with Crippen molar-refractivity contribution in [2.75, 3.05) is 6.61 Å². The van der Waals surface area contributed by atoms with E-state index in [9.17, 15) is 5.11 Å². The van der Waals surface area contributed by atoms with Gasteiger partial charge in [-0.1, -0.05) is 20.8 Å². The van der Waals surface area contributed by atoms with Gasteiger partial charge in [-0.2, -0.15) is 0 Å². The van der Waals surface area contributed by atoms with E-state index >= 15 is 0 Å². The lowest BCUT2D eigenvalue weighted by molar-refractivity contribution is -0.187. The molecule has 1 heterocycles. The van der Waals surface area contributed by atoms with E-state index in [0.717, 1.165) is 6.42 Å². The molecule has 0 aromatic rings. The van der Waals surface area contributed by atoms with Crippen molar-refractivity contribution in [1.29, 1.82) is 0 Å². The van der Waals surface area contributed by atoms with Gasteiger partial charge in [-0.05, 0) is 11.8 Å². The number of aliphatic hydroxyl groups excluding tert-OH is 1. The van der Waals surface area contributed by atoms with Gasteiger partial charge in [-0.15, -0.1) is 0 Å². The molecule has 0 saturated carbocycles. The molecular formula is C8H16O2. The molecule has 1 aliphatic heterocycles. The molecule has 1 fully saturated rings. The first-order valence-corrected chi connectivity index (χ1v) is 3.81. The van der Waals surface area contributed by atoms with Crippen LogP contribution in [0.2, 0.25) is 0 Å². The summed E-state index contributed by atoms with van der Waals surface area (Å²) in [5.74, 6) is 0.281. The standard InChI is InChI=1S/C8H16O2/c1-6-4-8(2,3)5-10-7(6)9/h6-7,9H,4-5H2,1-3H3/t6-,7+/m0/s1. The molecule has 2 nitrogen and oxygen atoms in total. The Morgan fingerprint density at radius 3 is 2.50 bits per heavy atom. The average Bonchev–Trinajstić information content (AvgIpc) is 1.79. The summed E-state index contributed by atoms with van der Waals surface area (Å²) >= 11 is 0. The summed E-state index contributed by atoms with van der Waals surface area (Å²) in [7, 11) is 0. The second-order valence-electron chi connectivity index (χ2n) is 4.05. The number of rotatable bonds is 0. The third kappa shape index (κ3) is 1.70. The highest BCUT2D eigenvalue weighted by Crippen LogP contribution is 2.32. The summed E-state index contributed by atoms with van der Waals surface area (Å²) in [6.45, 7) is 7.02. The Labute approximate surface area is 62.2 Å². The van der Waals surface area contributed by atoms with Crippen LogP contribution in [0.15, 0.2) is 0 Å². The molecule has 0 aromatic carbocycles. The lowest BCUT2D eigenvalue weighted by Crippen LogP contribution is -2.37. The molecule has 1 aliphatic rings. The Morgan fingerprint density at radius 1 is 1.50 bits per heavy atom. The molecule has 1 rings (SSSR count). The van der Waals surface area contributed by atoms with Crippen molar-refractivity contribution in [1.82, 2.24) is 0 Å². The Balaban J connectivity index is 2.49. The lowest BCUT2D eigenvalue weighted by Gasteiger charge is -2.36. The molecular weight excluding hydrogens is 128 g/mol. The Hall–Kier alpha value is -0.0800. The monoisotopic (exact) mass is 144 g/mol. The summed E-state index contributed by atoms with van der Waals surface area (Å²) in [5, 5.41) is 9.19. The van der Waals surface area contributed by atoms with Gasteiger partial charge in [0.25, 0.3) is 0 Å². The maximum Gasteiger partial charge on any atom is 0.157 e. The molecule has 1 N–H and O–H groups in total. The Morgan fingerprint density at radius 2 is 2.10 bits per heavy atom. The number of aliphatic hydroxyl groups is 1. The second kappa shape index (κ2) is 2.51. The minimum Gasteiger partial charge on any atom is -0.368 e. The van der Waals surface area contributed by atoms with Gasteiger partial charge in [-0.25, -0.2) is 0 Å². The van der Waals surface area contributed by atoms with Gasteiger partial charge >= 0.3 is 0 Å². The smallest absolute Gasteiger partial charge is 0.157 e. The topological polar surface area (TPSA) is 29.5 Å². The van der Waals surface area contributed by atoms with Gasteiger partial charge in [0.2, 0.25) is 0 Å². The fourth-order valence-corrected chi connectivity index (χ4v) is 1.51. The van der Waals surface area contributed by atoms with E-state index in [0.29, 0.717) is 6.61 Å². The summed E-state index contributed by atoms with van der Waals surface area (Å²) in [5.41, 5.74) is 0.249. The average molecular weight is 144 g/mol. The number of ether oxygens (including phenoxy) is 1. The van der Waals surface area contributed by atoms with E-state index in [1.54, 1.807) is 0 Å². The van der Waals surface area contributed by atoms with Crippen LogP contribution in [0.3, 0.4) is 0 Å². The van der Waals surface area contributed by atoms with Gasteiger partial charge in [-0.3, -0.25) is 0 Å². The first-order chi connectivity index (χ1) is 4.51. The first kappa shape index (κ1) is 8.02. The fraction of sp³-hybridized carbons (Fsp3) is 1.00. The van der Waals surface area contributed by atoms with Gasteiger partial charge in [0.05, 0.1) is 6.61 Å². The van der Waals surface area contributed by atoms with Crippen LogP contribution in [0.5, 0.6) is 0 Å². The maximum absolute atomic E-state index is 9.19. The minimum atomic E-state index is -0.534. The quantitative estimate of drug-likeness (QED) is 0.556. The molecule has 10 heavy (non-hydrogen) atoms. The first-order valence-electron chi connectivity index (χ1n) is 3.81. The van der Waals surface area contributed by atoms with Gasteiger partial charge in [0, 0.05) is 5.92 Å². The summed E-state index contributed by atoms with van der Waals surface area (Å²) in [4.78, 5) is 0. The van der Waals surface area contributed by atoms with Crippen LogP contribution in [0.1, 0.15) is 27.2 Å². The number of hydrogen-bond acceptors (Lipinski definition) is 2. The molecule has 0 spiro atoms. The van der Waals surface area contributed by atoms with Crippen molar-refractivity contribution in [2.45, 2.75) is 33.5 Å². The van der Waals surface area contributed by atoms with E-state index in [2.05, 4.69) is 13.8 Å². The van der Waals surface area contributed by atoms with Crippen LogP contribution in [-0.4, -0.2) is 18.0 Å². The number of hydrogen-bond donors (Lipinski definition) is 1. The minimum absolute atomic E-state index is 0.249. The van der Waals surface area contributed by atoms with E-state index in [4.69, 9.17) is 4.74 Å². The zero-order chi connectivity index (χ0) is 7.78. The van der Waals surface area contributed by atoms with Crippen molar-refractivity contribution in [2.24, 2.45) is 11.3 Å². The lowest BCUT2D eigenvalue weighted by atomic mass is 9.82. The van der Waals surface area contributed by atoms with E-state index < -0.39 is 6.29 Å². The molecule has 0 unspecified atom stereocenters. The van der Waals surface area contributed by atoms with Crippen LogP contribution in [0.4, 0.5) is 0 Å². The molecule has 0 aliphatic carbocycles. The van der Waals surface area contributed by atoms with Crippen LogP contribution >= 0.6 is 0 Å². The van der Waals surface area contributed by atoms with Gasteiger partial charge in [0.1, 0.15) is 0 Å². The van der Waals surface area contributed by atoms with Gasteiger partial charge < -0.3 is 9.84 Å². The highest BCUT2D eigenvalue weighted by Gasteiger charge is 2.31. The van der Waals surface area contributed by atoms with E-state index in [-0.39, 0.29) is 11.3 Å². The van der Waals surface area contributed by atoms with Crippen LogP contribution in [0, 0.1) is 11.3 Å². The highest BCUT2D eigenvalue weighted by molar-refractivity contribution is 4.76. The largest absolute Gasteiger partial charge is 0.368 e. The maximum atomic E-state index is 9.19. The Bertz CT molecular complexity index is 120. The van der Waals surface area contributed by atoms with Crippen molar-refractivity contribution >= 4 is 0 Å². The zero-order valence-electron chi connectivity index (χ0n) is 6.92. The fourth-order valence-electron chi connectivity index (χ4n) is 1.51. The van der Waals surface area contributed by atoms with Crippen LogP contribution < -0.4 is 0 Å². The molecule has 0 amide bonds. The molecule has 60 valence electrons. The van der Waals surface area contributed by atoms with Crippen LogP contribution in [-0.2, 0) is 4.74 Å². The summed E-state index contributed by atoms with van der Waals surface area (Å²) in [6, 6.07) is 0. The van der Waals surface area contributed by atoms with Crippen molar-refractivity contribution in [3.8, 4) is 0 Å². The molecule has 0 aromatic heterocycles. The van der Waals surface area contributed by atoms with Crippen molar-refractivity contribution in [3.05, 3.63) is 0 Å². The predicted molar refractivity (Wildman–Crippen MR) is 39.5 cm³/mol. The van der Waals surface area contributed by atoms with Crippen molar-refractivity contribution in [3.63, 3.8) is 0 Å². The molecule has 0 bridgehead atoms. The summed E-state index contributed by atoms with van der Waals surface area (Å²) < 4.78 is 5.16. The molecule has 1 saturated heterocycles. The second-order valence-corrected chi connectivity index (χ2v) is 4.05. The molecule has 2 atom stereocenters. The molecule has 2 heteroatoms. The van der Waals surface area contributed by atoms with E-state index in [1.807, 2.05) is 6.92 Å². The van der Waals surface area contributed by atoms with Gasteiger partial charge in [0.15, 0.2) is 6.29 Å². The predicted octanol–water partition coefficient (Wildman–Crippen LogP) is 1.39. The third-order valence-corrected chi connectivity index (χ3v) is 2.01. The summed E-state index contributed by atoms with van der Waals surface area (Å²) in [6.07, 6.45) is 0.516.